The van der Waals surface area contributed by atoms with E-state index in [1.807, 2.05) is 6.07 Å². The summed E-state index contributed by atoms with van der Waals surface area (Å²) in [5.74, 6) is -0.891. The normalized spacial score (nSPS) is 9.93. The molecule has 14 heavy (non-hydrogen) atoms. The monoisotopic (exact) mass is 191 g/mol. The van der Waals surface area contributed by atoms with E-state index < -0.39 is 5.82 Å². The van der Waals surface area contributed by atoms with E-state index in [4.69, 9.17) is 5.26 Å². The molecule has 0 atom stereocenters. The van der Waals surface area contributed by atoms with Crippen molar-refractivity contribution in [2.75, 3.05) is 0 Å². The summed E-state index contributed by atoms with van der Waals surface area (Å²) >= 11 is 0. The molecule has 0 spiro atoms. The zero-order valence-electron chi connectivity index (χ0n) is 8.04. The van der Waals surface area contributed by atoms with Gasteiger partial charge in [0, 0.05) is 11.5 Å². The number of ketones is 1. The number of hydrogen-bond acceptors (Lipinski definition) is 2. The van der Waals surface area contributed by atoms with Gasteiger partial charge in [-0.3, -0.25) is 4.79 Å². The molecule has 0 aromatic heterocycles. The van der Waals surface area contributed by atoms with Crippen molar-refractivity contribution in [3.63, 3.8) is 0 Å². The summed E-state index contributed by atoms with van der Waals surface area (Å²) in [6, 6.07) is 5.48. The van der Waals surface area contributed by atoms with E-state index in [0.29, 0.717) is 0 Å². The molecule has 0 fully saturated rings. The first-order valence-corrected chi connectivity index (χ1v) is 4.29. The molecule has 0 aliphatic carbocycles. The summed E-state index contributed by atoms with van der Waals surface area (Å²) in [6.45, 7) is 3.47. The number of benzene rings is 1. The van der Waals surface area contributed by atoms with Crippen LogP contribution < -0.4 is 0 Å². The highest BCUT2D eigenvalue weighted by atomic mass is 19.1. The molecule has 72 valence electrons. The van der Waals surface area contributed by atoms with E-state index in [9.17, 15) is 9.18 Å². The number of Topliss-reactive ketones (excluding diaryl/α,β-unsaturated/α-hetero) is 1. The molecule has 3 heteroatoms. The molecule has 0 radical (unpaired) electrons. The third-order valence-corrected chi connectivity index (χ3v) is 1.84. The predicted octanol–water partition coefficient (Wildman–Crippen LogP) is 2.54. The maximum absolute atomic E-state index is 12.9. The summed E-state index contributed by atoms with van der Waals surface area (Å²) in [4.78, 5) is 11.5. The Labute approximate surface area is 82.0 Å². The molecule has 1 rings (SSSR count). The fraction of sp³-hybridized carbons (Fsp3) is 0.273. The second-order valence-electron chi connectivity index (χ2n) is 3.36. The van der Waals surface area contributed by atoms with E-state index in [2.05, 4.69) is 0 Å². The summed E-state index contributed by atoms with van der Waals surface area (Å²) in [5, 5.41) is 8.58. The zero-order chi connectivity index (χ0) is 10.7. The van der Waals surface area contributed by atoms with Gasteiger partial charge in [0.2, 0.25) is 0 Å². The number of carbonyl (C=O) groups is 1. The molecule has 0 unspecified atom stereocenters. The Morgan fingerprint density at radius 3 is 2.57 bits per heavy atom. The Balaban J connectivity index is 3.17. The molecular weight excluding hydrogens is 181 g/mol. The fourth-order valence-electron chi connectivity index (χ4n) is 1.13. The Bertz CT molecular complexity index is 404. The van der Waals surface area contributed by atoms with Crippen molar-refractivity contribution < 1.29 is 9.18 Å². The fourth-order valence-corrected chi connectivity index (χ4v) is 1.13. The van der Waals surface area contributed by atoms with Crippen molar-refractivity contribution in [3.05, 3.63) is 35.1 Å². The molecule has 0 bridgehead atoms. The van der Waals surface area contributed by atoms with Gasteiger partial charge in [0.25, 0.3) is 0 Å². The summed E-state index contributed by atoms with van der Waals surface area (Å²) in [6.07, 6.45) is 0. The van der Waals surface area contributed by atoms with Gasteiger partial charge < -0.3 is 0 Å². The third-order valence-electron chi connectivity index (χ3n) is 1.84. The Hall–Kier alpha value is -1.69. The first kappa shape index (κ1) is 10.4. The maximum Gasteiger partial charge on any atom is 0.165 e. The van der Waals surface area contributed by atoms with Gasteiger partial charge in [-0.1, -0.05) is 13.8 Å². The van der Waals surface area contributed by atoms with Gasteiger partial charge in [-0.25, -0.2) is 4.39 Å². The average molecular weight is 191 g/mol. The lowest BCUT2D eigenvalue weighted by Gasteiger charge is -2.04. The number of nitrogens with zero attached hydrogens (tertiary/aromatic N) is 1. The standard InChI is InChI=1S/C11H10FNO/c1-7(2)11(14)9-3-8(6-13)4-10(12)5-9/h3-5,7H,1-2H3. The van der Waals surface area contributed by atoms with Crippen LogP contribution in [-0.2, 0) is 0 Å². The number of halogens is 1. The van der Waals surface area contributed by atoms with Crippen molar-refractivity contribution in [2.45, 2.75) is 13.8 Å². The van der Waals surface area contributed by atoms with Crippen molar-refractivity contribution in [1.82, 2.24) is 0 Å². The maximum atomic E-state index is 12.9. The molecule has 0 aliphatic heterocycles. The SMILES string of the molecule is CC(C)C(=O)c1cc(F)cc(C#N)c1. The second-order valence-corrected chi connectivity index (χ2v) is 3.36. The van der Waals surface area contributed by atoms with E-state index in [-0.39, 0.29) is 22.8 Å². The summed E-state index contributed by atoms with van der Waals surface area (Å²) < 4.78 is 12.9. The summed E-state index contributed by atoms with van der Waals surface area (Å²) in [5.41, 5.74) is 0.436. The number of hydrogen-bond donors (Lipinski definition) is 0. The van der Waals surface area contributed by atoms with Crippen LogP contribution in [0.2, 0.25) is 0 Å². The predicted molar refractivity (Wildman–Crippen MR) is 50.3 cm³/mol. The van der Waals surface area contributed by atoms with Gasteiger partial charge in [0.05, 0.1) is 11.6 Å². The minimum atomic E-state index is -0.548. The van der Waals surface area contributed by atoms with Gasteiger partial charge >= 0.3 is 0 Å². The zero-order valence-corrected chi connectivity index (χ0v) is 8.04. The van der Waals surface area contributed by atoms with Crippen LogP contribution in [0.3, 0.4) is 0 Å². The van der Waals surface area contributed by atoms with Crippen LogP contribution in [0.15, 0.2) is 18.2 Å². The second kappa shape index (κ2) is 4.01. The van der Waals surface area contributed by atoms with Crippen molar-refractivity contribution in [1.29, 1.82) is 5.26 Å². The first-order valence-electron chi connectivity index (χ1n) is 4.29. The van der Waals surface area contributed by atoms with Gasteiger partial charge in [-0.2, -0.15) is 5.26 Å². The van der Waals surface area contributed by atoms with Gasteiger partial charge in [0.15, 0.2) is 5.78 Å². The quantitative estimate of drug-likeness (QED) is 0.674. The topological polar surface area (TPSA) is 40.9 Å². The molecule has 1 aromatic carbocycles. The van der Waals surface area contributed by atoms with Crippen LogP contribution in [0.4, 0.5) is 4.39 Å². The van der Waals surface area contributed by atoms with Crippen LogP contribution in [0, 0.1) is 23.1 Å². The molecule has 0 amide bonds. The Kier molecular flexibility index (Phi) is 2.98. The molecule has 0 saturated heterocycles. The number of carbonyl (C=O) groups excluding carboxylic acids is 1. The van der Waals surface area contributed by atoms with E-state index >= 15 is 0 Å². The lowest BCUT2D eigenvalue weighted by Crippen LogP contribution is -2.08. The van der Waals surface area contributed by atoms with Gasteiger partial charge in [-0.15, -0.1) is 0 Å². The van der Waals surface area contributed by atoms with Gasteiger partial charge in [0.1, 0.15) is 5.82 Å². The Morgan fingerprint density at radius 2 is 2.07 bits per heavy atom. The highest BCUT2D eigenvalue weighted by molar-refractivity contribution is 5.97. The van der Waals surface area contributed by atoms with Crippen LogP contribution in [0.1, 0.15) is 29.8 Å². The van der Waals surface area contributed by atoms with E-state index in [1.165, 1.54) is 6.07 Å². The molecule has 0 heterocycles. The summed E-state index contributed by atoms with van der Waals surface area (Å²) in [7, 11) is 0. The lowest BCUT2D eigenvalue weighted by atomic mass is 9.99. The highest BCUT2D eigenvalue weighted by Crippen LogP contribution is 2.12. The van der Waals surface area contributed by atoms with Crippen LogP contribution in [-0.4, -0.2) is 5.78 Å². The third kappa shape index (κ3) is 2.17. The van der Waals surface area contributed by atoms with Crippen molar-refractivity contribution in [2.24, 2.45) is 5.92 Å². The molecular formula is C11H10FNO. The minimum absolute atomic E-state index is 0.152. The van der Waals surface area contributed by atoms with Crippen LogP contribution in [0.5, 0.6) is 0 Å². The first-order chi connectivity index (χ1) is 6.54. The lowest BCUT2D eigenvalue weighted by molar-refractivity contribution is 0.0939. The smallest absolute Gasteiger partial charge is 0.165 e. The molecule has 1 aromatic rings. The van der Waals surface area contributed by atoms with Crippen molar-refractivity contribution >= 4 is 5.78 Å². The number of nitriles is 1. The molecule has 0 aliphatic rings. The van der Waals surface area contributed by atoms with E-state index in [0.717, 1.165) is 12.1 Å². The number of rotatable bonds is 2. The van der Waals surface area contributed by atoms with E-state index in [1.54, 1.807) is 13.8 Å². The molecule has 2 nitrogen and oxygen atoms in total. The van der Waals surface area contributed by atoms with Gasteiger partial charge in [-0.05, 0) is 18.2 Å². The van der Waals surface area contributed by atoms with Crippen molar-refractivity contribution in [3.8, 4) is 6.07 Å². The Morgan fingerprint density at radius 1 is 1.43 bits per heavy atom. The van der Waals surface area contributed by atoms with Crippen LogP contribution in [0.25, 0.3) is 0 Å². The highest BCUT2D eigenvalue weighted by Gasteiger charge is 2.12. The molecule has 0 saturated carbocycles. The minimum Gasteiger partial charge on any atom is -0.294 e. The molecule has 0 N–H and O–H groups in total. The van der Waals surface area contributed by atoms with Crippen LogP contribution >= 0.6 is 0 Å². The largest absolute Gasteiger partial charge is 0.294 e. The average Bonchev–Trinajstić information content (AvgIpc) is 2.15.